The molecule has 0 radical (unpaired) electrons. The number of fused-ring (bicyclic) bond motifs is 1. The maximum Gasteiger partial charge on any atom is 0.401 e. The van der Waals surface area contributed by atoms with Crippen molar-refractivity contribution >= 4 is 11.6 Å². The second kappa shape index (κ2) is 6.40. The molecule has 2 N–H and O–H groups in total. The summed E-state index contributed by atoms with van der Waals surface area (Å²) in [6, 6.07) is 9.80. The fourth-order valence-electron chi connectivity index (χ4n) is 3.00. The second-order valence-corrected chi connectivity index (χ2v) is 6.18. The predicted molar refractivity (Wildman–Crippen MR) is 87.4 cm³/mol. The number of aryl methyl sites for hydroxylation is 1. The number of halogens is 3. The van der Waals surface area contributed by atoms with Crippen molar-refractivity contribution < 1.29 is 23.1 Å². The summed E-state index contributed by atoms with van der Waals surface area (Å²) in [5, 5.41) is 12.6. The van der Waals surface area contributed by atoms with Gasteiger partial charge in [-0.2, -0.15) is 13.2 Å². The van der Waals surface area contributed by atoms with Gasteiger partial charge >= 0.3 is 6.18 Å². The van der Waals surface area contributed by atoms with Crippen LogP contribution in [0.1, 0.15) is 27.0 Å². The zero-order chi connectivity index (χ0) is 18.2. The normalized spacial score (nSPS) is 14.4. The minimum Gasteiger partial charge on any atom is -0.507 e. The number of benzene rings is 2. The first-order valence-electron chi connectivity index (χ1n) is 7.74. The minimum absolute atomic E-state index is 0.116. The molecule has 1 aliphatic rings. The molecule has 132 valence electrons. The molecular weight excluding hydrogens is 333 g/mol. The molecule has 0 aliphatic carbocycles. The van der Waals surface area contributed by atoms with Crippen LogP contribution >= 0.6 is 0 Å². The molecule has 0 spiro atoms. The molecule has 25 heavy (non-hydrogen) atoms. The molecule has 2 aromatic rings. The third-order valence-corrected chi connectivity index (χ3v) is 4.10. The molecule has 1 amide bonds. The zero-order valence-electron chi connectivity index (χ0n) is 13.5. The van der Waals surface area contributed by atoms with Crippen molar-refractivity contribution in [2.24, 2.45) is 0 Å². The summed E-state index contributed by atoms with van der Waals surface area (Å²) < 4.78 is 37.8. The Labute approximate surface area is 142 Å². The average Bonchev–Trinajstić information content (AvgIpc) is 2.88. The molecule has 0 saturated carbocycles. The van der Waals surface area contributed by atoms with E-state index in [4.69, 9.17) is 0 Å². The molecule has 2 aromatic carbocycles. The first-order valence-corrected chi connectivity index (χ1v) is 7.74. The lowest BCUT2D eigenvalue weighted by Gasteiger charge is -2.17. The largest absolute Gasteiger partial charge is 0.507 e. The van der Waals surface area contributed by atoms with Gasteiger partial charge in [-0.15, -0.1) is 0 Å². The first-order chi connectivity index (χ1) is 11.7. The standard InChI is InChI=1S/C18H17F3N2O2/c1-11-5-6-13(16(24)7-11)17(25)22-15-4-2-3-12-8-23(9-14(12)15)10-18(19,20)21/h2-7,24H,8-10H2,1H3,(H,22,25). The first kappa shape index (κ1) is 17.3. The monoisotopic (exact) mass is 350 g/mol. The minimum atomic E-state index is -4.26. The Bertz CT molecular complexity index is 818. The third kappa shape index (κ3) is 3.93. The lowest BCUT2D eigenvalue weighted by molar-refractivity contribution is -0.146. The molecule has 0 atom stereocenters. The summed E-state index contributed by atoms with van der Waals surface area (Å²) in [6.45, 7) is 1.11. The number of phenols is 1. The summed E-state index contributed by atoms with van der Waals surface area (Å²) in [7, 11) is 0. The maximum absolute atomic E-state index is 12.6. The van der Waals surface area contributed by atoms with Crippen LogP contribution in [0.3, 0.4) is 0 Å². The topological polar surface area (TPSA) is 52.6 Å². The molecule has 3 rings (SSSR count). The van der Waals surface area contributed by atoms with E-state index in [0.717, 1.165) is 11.1 Å². The lowest BCUT2D eigenvalue weighted by Crippen LogP contribution is -2.30. The van der Waals surface area contributed by atoms with E-state index >= 15 is 0 Å². The number of carbonyl (C=O) groups excluding carboxylic acids is 1. The molecule has 0 aromatic heterocycles. The van der Waals surface area contributed by atoms with Crippen LogP contribution in [0.25, 0.3) is 0 Å². The van der Waals surface area contributed by atoms with Crippen molar-refractivity contribution in [3.05, 3.63) is 58.7 Å². The van der Waals surface area contributed by atoms with Gasteiger partial charge in [0.25, 0.3) is 5.91 Å². The van der Waals surface area contributed by atoms with Gasteiger partial charge in [0.1, 0.15) is 5.75 Å². The lowest BCUT2D eigenvalue weighted by atomic mass is 10.1. The number of carbonyl (C=O) groups is 1. The van der Waals surface area contributed by atoms with Gasteiger partial charge in [0.2, 0.25) is 0 Å². The van der Waals surface area contributed by atoms with Crippen molar-refractivity contribution in [3.8, 4) is 5.75 Å². The number of alkyl halides is 3. The van der Waals surface area contributed by atoms with E-state index in [-0.39, 0.29) is 24.4 Å². The smallest absolute Gasteiger partial charge is 0.401 e. The number of nitrogens with zero attached hydrogens (tertiary/aromatic N) is 1. The van der Waals surface area contributed by atoms with Gasteiger partial charge < -0.3 is 10.4 Å². The van der Waals surface area contributed by atoms with E-state index in [1.807, 2.05) is 0 Å². The summed E-state index contributed by atoms with van der Waals surface area (Å²) in [5.41, 5.74) is 2.83. The number of hydrogen-bond acceptors (Lipinski definition) is 3. The Balaban J connectivity index is 1.80. The van der Waals surface area contributed by atoms with Crippen LogP contribution in [0.15, 0.2) is 36.4 Å². The zero-order valence-corrected chi connectivity index (χ0v) is 13.5. The third-order valence-electron chi connectivity index (χ3n) is 4.10. The van der Waals surface area contributed by atoms with Crippen LogP contribution in [0.5, 0.6) is 5.75 Å². The molecule has 0 fully saturated rings. The molecular formula is C18H17F3N2O2. The van der Waals surface area contributed by atoms with E-state index in [0.29, 0.717) is 11.3 Å². The predicted octanol–water partition coefficient (Wildman–Crippen LogP) is 3.83. The summed E-state index contributed by atoms with van der Waals surface area (Å²) in [6.07, 6.45) is -4.26. The summed E-state index contributed by atoms with van der Waals surface area (Å²) in [5.74, 6) is -0.635. The molecule has 1 heterocycles. The van der Waals surface area contributed by atoms with Crippen LogP contribution in [0.4, 0.5) is 18.9 Å². The van der Waals surface area contributed by atoms with Gasteiger partial charge in [-0.25, -0.2) is 0 Å². The van der Waals surface area contributed by atoms with E-state index in [1.54, 1.807) is 31.2 Å². The number of anilines is 1. The second-order valence-electron chi connectivity index (χ2n) is 6.18. The fourth-order valence-corrected chi connectivity index (χ4v) is 3.00. The van der Waals surface area contributed by atoms with E-state index < -0.39 is 18.6 Å². The Hall–Kier alpha value is -2.54. The van der Waals surface area contributed by atoms with Gasteiger partial charge in [0.15, 0.2) is 0 Å². The SMILES string of the molecule is Cc1ccc(C(=O)Nc2cccc3c2CN(CC(F)(F)F)C3)c(O)c1. The van der Waals surface area contributed by atoms with Gasteiger partial charge in [-0.3, -0.25) is 9.69 Å². The van der Waals surface area contributed by atoms with Gasteiger partial charge in [0, 0.05) is 18.8 Å². The number of hydrogen-bond donors (Lipinski definition) is 2. The Morgan fingerprint density at radius 1 is 1.24 bits per heavy atom. The Kier molecular flexibility index (Phi) is 4.43. The van der Waals surface area contributed by atoms with Crippen molar-refractivity contribution in [3.63, 3.8) is 0 Å². The molecule has 0 saturated heterocycles. The van der Waals surface area contributed by atoms with Crippen molar-refractivity contribution in [1.82, 2.24) is 4.90 Å². The van der Waals surface area contributed by atoms with Crippen LogP contribution < -0.4 is 5.32 Å². The number of rotatable bonds is 3. The molecule has 7 heteroatoms. The Morgan fingerprint density at radius 3 is 2.68 bits per heavy atom. The molecule has 0 bridgehead atoms. The van der Waals surface area contributed by atoms with Crippen molar-refractivity contribution in [2.75, 3.05) is 11.9 Å². The number of phenolic OH excluding ortho intramolecular Hbond substituents is 1. The van der Waals surface area contributed by atoms with Crippen LogP contribution in [-0.2, 0) is 13.1 Å². The molecule has 4 nitrogen and oxygen atoms in total. The van der Waals surface area contributed by atoms with Crippen molar-refractivity contribution in [1.29, 1.82) is 0 Å². The highest BCUT2D eigenvalue weighted by atomic mass is 19.4. The van der Waals surface area contributed by atoms with Crippen LogP contribution in [0.2, 0.25) is 0 Å². The van der Waals surface area contributed by atoms with E-state index in [9.17, 15) is 23.1 Å². The van der Waals surface area contributed by atoms with Gasteiger partial charge in [0.05, 0.1) is 12.1 Å². The number of aromatic hydroxyl groups is 1. The summed E-state index contributed by atoms with van der Waals surface area (Å²) in [4.78, 5) is 13.7. The number of nitrogens with one attached hydrogen (secondary N) is 1. The van der Waals surface area contributed by atoms with Gasteiger partial charge in [-0.05, 0) is 41.8 Å². The van der Waals surface area contributed by atoms with E-state index in [2.05, 4.69) is 5.32 Å². The van der Waals surface area contributed by atoms with E-state index in [1.165, 1.54) is 17.0 Å². The summed E-state index contributed by atoms with van der Waals surface area (Å²) >= 11 is 0. The van der Waals surface area contributed by atoms with Crippen LogP contribution in [-0.4, -0.2) is 28.6 Å². The average molecular weight is 350 g/mol. The van der Waals surface area contributed by atoms with Crippen LogP contribution in [0, 0.1) is 6.92 Å². The fraction of sp³-hybridized carbons (Fsp3) is 0.278. The quantitative estimate of drug-likeness (QED) is 0.885. The maximum atomic E-state index is 12.6. The molecule has 0 unspecified atom stereocenters. The Morgan fingerprint density at radius 2 is 2.00 bits per heavy atom. The number of amides is 1. The molecule has 1 aliphatic heterocycles. The van der Waals surface area contributed by atoms with Crippen molar-refractivity contribution in [2.45, 2.75) is 26.2 Å². The highest BCUT2D eigenvalue weighted by molar-refractivity contribution is 6.06. The highest BCUT2D eigenvalue weighted by Crippen LogP contribution is 2.32. The highest BCUT2D eigenvalue weighted by Gasteiger charge is 2.34. The van der Waals surface area contributed by atoms with Gasteiger partial charge in [-0.1, -0.05) is 18.2 Å².